The van der Waals surface area contributed by atoms with E-state index in [0.29, 0.717) is 12.0 Å². The first-order valence-electron chi connectivity index (χ1n) is 7.76. The van der Waals surface area contributed by atoms with Crippen molar-refractivity contribution in [1.82, 2.24) is 10.2 Å². The van der Waals surface area contributed by atoms with Crippen molar-refractivity contribution in [3.63, 3.8) is 0 Å². The summed E-state index contributed by atoms with van der Waals surface area (Å²) < 4.78 is 6.23. The average Bonchev–Trinajstić information content (AvgIpc) is 2.48. The first kappa shape index (κ1) is 15.5. The number of nitrogens with one attached hydrogen (secondary N) is 1. The molecule has 1 aliphatic rings. The third-order valence-electron chi connectivity index (χ3n) is 4.06. The normalized spacial score (nSPS) is 18.4. The van der Waals surface area contributed by atoms with Gasteiger partial charge in [0.1, 0.15) is 0 Å². The fraction of sp³-hybridized carbons (Fsp3) is 0.647. The molecule has 1 aromatic carbocycles. The molecule has 3 heteroatoms. The van der Waals surface area contributed by atoms with Crippen LogP contribution in [0.1, 0.15) is 18.4 Å². The van der Waals surface area contributed by atoms with Gasteiger partial charge in [0.2, 0.25) is 0 Å². The topological polar surface area (TPSA) is 24.5 Å². The fourth-order valence-electron chi connectivity index (χ4n) is 2.81. The summed E-state index contributed by atoms with van der Waals surface area (Å²) in [5.41, 5.74) is 1.39. The lowest BCUT2D eigenvalue weighted by molar-refractivity contribution is -0.00251. The third kappa shape index (κ3) is 5.23. The number of benzene rings is 1. The minimum Gasteiger partial charge on any atom is -0.376 e. The van der Waals surface area contributed by atoms with Gasteiger partial charge in [-0.05, 0) is 57.9 Å². The van der Waals surface area contributed by atoms with E-state index in [1.54, 1.807) is 0 Å². The second-order valence-electron chi connectivity index (χ2n) is 5.99. The van der Waals surface area contributed by atoms with E-state index in [1.807, 2.05) is 0 Å². The molecule has 1 aromatic rings. The maximum absolute atomic E-state index is 6.23. The van der Waals surface area contributed by atoms with E-state index in [1.165, 1.54) is 18.4 Å². The van der Waals surface area contributed by atoms with Gasteiger partial charge in [-0.2, -0.15) is 0 Å². The monoisotopic (exact) mass is 276 g/mol. The van der Waals surface area contributed by atoms with Gasteiger partial charge in [-0.3, -0.25) is 0 Å². The van der Waals surface area contributed by atoms with Crippen LogP contribution in [0.2, 0.25) is 0 Å². The zero-order valence-electron chi connectivity index (χ0n) is 12.8. The molecule has 20 heavy (non-hydrogen) atoms. The lowest BCUT2D eigenvalue weighted by Gasteiger charge is -2.31. The van der Waals surface area contributed by atoms with Gasteiger partial charge in [0.25, 0.3) is 0 Å². The Balaban J connectivity index is 1.91. The molecule has 0 radical (unpaired) electrons. The molecule has 1 N–H and O–H groups in total. The molecule has 112 valence electrons. The van der Waals surface area contributed by atoms with Crippen LogP contribution in [-0.4, -0.2) is 51.3 Å². The molecule has 1 unspecified atom stereocenters. The molecule has 0 saturated carbocycles. The van der Waals surface area contributed by atoms with Crippen LogP contribution in [0, 0.1) is 5.92 Å². The Bertz CT molecular complexity index is 361. The maximum Gasteiger partial charge on any atom is 0.0645 e. The van der Waals surface area contributed by atoms with Gasteiger partial charge in [0.05, 0.1) is 12.7 Å². The Morgan fingerprint density at radius 2 is 1.90 bits per heavy atom. The molecule has 0 amide bonds. The Labute approximate surface area is 123 Å². The standard InChI is InChI=1S/C17H28N2O/c1-19(2)12-13-20-17(16-8-10-18-11-9-16)14-15-6-4-3-5-7-15/h3-7,16-18H,8-14H2,1-2H3. The smallest absolute Gasteiger partial charge is 0.0645 e. The molecule has 3 nitrogen and oxygen atoms in total. The van der Waals surface area contributed by atoms with Crippen LogP contribution in [0.15, 0.2) is 30.3 Å². The van der Waals surface area contributed by atoms with Crippen LogP contribution >= 0.6 is 0 Å². The zero-order valence-corrected chi connectivity index (χ0v) is 12.8. The zero-order chi connectivity index (χ0) is 14.2. The van der Waals surface area contributed by atoms with Crippen molar-refractivity contribution in [3.05, 3.63) is 35.9 Å². The second-order valence-corrected chi connectivity index (χ2v) is 5.99. The van der Waals surface area contributed by atoms with Crippen molar-refractivity contribution in [2.45, 2.75) is 25.4 Å². The average molecular weight is 276 g/mol. The summed E-state index contributed by atoms with van der Waals surface area (Å²) in [6.45, 7) is 4.09. The number of likely N-dealkylation sites (N-methyl/N-ethyl adjacent to an activating group) is 1. The number of ether oxygens (including phenoxy) is 1. The summed E-state index contributed by atoms with van der Waals surface area (Å²) in [6, 6.07) is 10.7. The van der Waals surface area contributed by atoms with Gasteiger partial charge in [0, 0.05) is 6.54 Å². The molecule has 1 aliphatic heterocycles. The van der Waals surface area contributed by atoms with E-state index < -0.39 is 0 Å². The predicted octanol–water partition coefficient (Wildman–Crippen LogP) is 2.18. The van der Waals surface area contributed by atoms with E-state index in [-0.39, 0.29) is 0 Å². The van der Waals surface area contributed by atoms with Crippen LogP contribution in [0.25, 0.3) is 0 Å². The minimum absolute atomic E-state index is 0.361. The Hall–Kier alpha value is -0.900. The van der Waals surface area contributed by atoms with Crippen molar-refractivity contribution in [1.29, 1.82) is 0 Å². The van der Waals surface area contributed by atoms with E-state index in [4.69, 9.17) is 4.74 Å². The molecule has 0 aromatic heterocycles. The summed E-state index contributed by atoms with van der Waals surface area (Å²) in [5.74, 6) is 0.693. The SMILES string of the molecule is CN(C)CCOC(Cc1ccccc1)C1CCNCC1. The summed E-state index contributed by atoms with van der Waals surface area (Å²) in [6.07, 6.45) is 3.87. The quantitative estimate of drug-likeness (QED) is 0.826. The highest BCUT2D eigenvalue weighted by atomic mass is 16.5. The number of hydrogen-bond acceptors (Lipinski definition) is 3. The molecule has 2 rings (SSSR count). The van der Waals surface area contributed by atoms with Crippen molar-refractivity contribution < 1.29 is 4.74 Å². The summed E-state index contributed by atoms with van der Waals surface area (Å²) in [7, 11) is 4.19. The van der Waals surface area contributed by atoms with Gasteiger partial charge < -0.3 is 15.0 Å². The Morgan fingerprint density at radius 3 is 2.55 bits per heavy atom. The second kappa shape index (κ2) is 8.40. The van der Waals surface area contributed by atoms with E-state index in [0.717, 1.165) is 32.7 Å². The van der Waals surface area contributed by atoms with Crippen molar-refractivity contribution in [2.75, 3.05) is 40.3 Å². The lowest BCUT2D eigenvalue weighted by atomic mass is 9.88. The van der Waals surface area contributed by atoms with Gasteiger partial charge in [-0.1, -0.05) is 30.3 Å². The number of rotatable bonds is 7. The molecule has 1 heterocycles. The van der Waals surface area contributed by atoms with Gasteiger partial charge in [-0.25, -0.2) is 0 Å². The van der Waals surface area contributed by atoms with Crippen LogP contribution < -0.4 is 5.32 Å². The van der Waals surface area contributed by atoms with Crippen molar-refractivity contribution >= 4 is 0 Å². The Morgan fingerprint density at radius 1 is 1.20 bits per heavy atom. The summed E-state index contributed by atoms with van der Waals surface area (Å²) >= 11 is 0. The predicted molar refractivity (Wildman–Crippen MR) is 84.0 cm³/mol. The highest BCUT2D eigenvalue weighted by Gasteiger charge is 2.24. The van der Waals surface area contributed by atoms with Crippen LogP contribution in [0.5, 0.6) is 0 Å². The first-order chi connectivity index (χ1) is 9.75. The summed E-state index contributed by atoms with van der Waals surface area (Å²) in [4.78, 5) is 2.18. The summed E-state index contributed by atoms with van der Waals surface area (Å²) in [5, 5.41) is 3.44. The van der Waals surface area contributed by atoms with Crippen LogP contribution in [-0.2, 0) is 11.2 Å². The van der Waals surface area contributed by atoms with E-state index in [2.05, 4.69) is 54.6 Å². The molecular weight excluding hydrogens is 248 g/mol. The lowest BCUT2D eigenvalue weighted by Crippen LogP contribution is -2.37. The van der Waals surface area contributed by atoms with Gasteiger partial charge in [-0.15, -0.1) is 0 Å². The number of nitrogens with zero attached hydrogens (tertiary/aromatic N) is 1. The number of hydrogen-bond donors (Lipinski definition) is 1. The Kier molecular flexibility index (Phi) is 6.51. The van der Waals surface area contributed by atoms with Crippen LogP contribution in [0.4, 0.5) is 0 Å². The maximum atomic E-state index is 6.23. The third-order valence-corrected chi connectivity index (χ3v) is 4.06. The molecule has 1 fully saturated rings. The molecule has 1 atom stereocenters. The molecule has 0 spiro atoms. The molecular formula is C17H28N2O. The van der Waals surface area contributed by atoms with Crippen molar-refractivity contribution in [2.24, 2.45) is 5.92 Å². The van der Waals surface area contributed by atoms with Crippen LogP contribution in [0.3, 0.4) is 0 Å². The molecule has 1 saturated heterocycles. The largest absolute Gasteiger partial charge is 0.376 e. The molecule has 0 aliphatic carbocycles. The highest BCUT2D eigenvalue weighted by molar-refractivity contribution is 5.15. The van der Waals surface area contributed by atoms with Crippen molar-refractivity contribution in [3.8, 4) is 0 Å². The number of piperidine rings is 1. The molecule has 0 bridgehead atoms. The van der Waals surface area contributed by atoms with Gasteiger partial charge in [0.15, 0.2) is 0 Å². The first-order valence-corrected chi connectivity index (χ1v) is 7.76. The fourth-order valence-corrected chi connectivity index (χ4v) is 2.81. The minimum atomic E-state index is 0.361. The van der Waals surface area contributed by atoms with Gasteiger partial charge >= 0.3 is 0 Å². The van der Waals surface area contributed by atoms with E-state index in [9.17, 15) is 0 Å². The highest BCUT2D eigenvalue weighted by Crippen LogP contribution is 2.22. The van der Waals surface area contributed by atoms with E-state index >= 15 is 0 Å².